The number of benzene rings is 1. The van der Waals surface area contributed by atoms with Gasteiger partial charge in [0.1, 0.15) is 17.0 Å². The summed E-state index contributed by atoms with van der Waals surface area (Å²) < 4.78 is 6.25. The SMILES string of the molecule is CC(C)N1CC(C)(C)Oc2cccc(N3CCNCC3)c21. The van der Waals surface area contributed by atoms with Gasteiger partial charge in [0.05, 0.1) is 12.2 Å². The highest BCUT2D eigenvalue weighted by Gasteiger charge is 2.35. The Bertz CT molecular complexity index is 507. The Labute approximate surface area is 128 Å². The number of nitrogens with one attached hydrogen (secondary N) is 1. The first-order valence-corrected chi connectivity index (χ1v) is 8.02. The molecule has 0 unspecified atom stereocenters. The molecule has 2 aliphatic rings. The molecule has 1 fully saturated rings. The van der Waals surface area contributed by atoms with Crippen molar-refractivity contribution in [1.29, 1.82) is 0 Å². The third-order valence-corrected chi connectivity index (χ3v) is 4.28. The molecule has 0 atom stereocenters. The van der Waals surface area contributed by atoms with E-state index in [1.54, 1.807) is 0 Å². The van der Waals surface area contributed by atoms with Gasteiger partial charge in [-0.1, -0.05) is 6.07 Å². The maximum Gasteiger partial charge on any atom is 0.145 e. The zero-order valence-electron chi connectivity index (χ0n) is 13.6. The third-order valence-electron chi connectivity index (χ3n) is 4.28. The fraction of sp³-hybridized carbons (Fsp3) is 0.647. The molecule has 1 N–H and O–H groups in total. The van der Waals surface area contributed by atoms with Gasteiger partial charge in [-0.15, -0.1) is 0 Å². The number of hydrogen-bond acceptors (Lipinski definition) is 4. The minimum Gasteiger partial charge on any atom is -0.484 e. The summed E-state index contributed by atoms with van der Waals surface area (Å²) in [7, 11) is 0. The summed E-state index contributed by atoms with van der Waals surface area (Å²) >= 11 is 0. The molecule has 3 rings (SSSR count). The number of rotatable bonds is 2. The number of anilines is 2. The Kier molecular flexibility index (Phi) is 3.74. The molecule has 0 spiro atoms. The Hall–Kier alpha value is -1.42. The van der Waals surface area contributed by atoms with Crippen LogP contribution in [0.4, 0.5) is 11.4 Å². The van der Waals surface area contributed by atoms with Crippen LogP contribution in [-0.4, -0.2) is 44.4 Å². The summed E-state index contributed by atoms with van der Waals surface area (Å²) in [6.07, 6.45) is 0. The predicted octanol–water partition coefficient (Wildman–Crippen LogP) is 2.48. The van der Waals surface area contributed by atoms with Crippen molar-refractivity contribution < 1.29 is 4.74 Å². The van der Waals surface area contributed by atoms with Crippen LogP contribution in [0.15, 0.2) is 18.2 Å². The van der Waals surface area contributed by atoms with E-state index >= 15 is 0 Å². The lowest BCUT2D eigenvalue weighted by Gasteiger charge is -2.45. The molecule has 116 valence electrons. The molecule has 0 saturated carbocycles. The van der Waals surface area contributed by atoms with Crippen molar-refractivity contribution in [2.24, 2.45) is 0 Å². The molecule has 1 saturated heterocycles. The second-order valence-electron chi connectivity index (χ2n) is 6.94. The van der Waals surface area contributed by atoms with Gasteiger partial charge in [0.15, 0.2) is 0 Å². The number of para-hydroxylation sites is 1. The molecule has 4 heteroatoms. The number of fused-ring (bicyclic) bond motifs is 1. The van der Waals surface area contributed by atoms with Gasteiger partial charge in [-0.05, 0) is 39.8 Å². The Morgan fingerprint density at radius 1 is 1.19 bits per heavy atom. The van der Waals surface area contributed by atoms with E-state index in [9.17, 15) is 0 Å². The van der Waals surface area contributed by atoms with E-state index in [4.69, 9.17) is 4.74 Å². The lowest BCUT2D eigenvalue weighted by Crippen LogP contribution is -2.51. The molecule has 0 radical (unpaired) electrons. The van der Waals surface area contributed by atoms with Crippen LogP contribution >= 0.6 is 0 Å². The number of hydrogen-bond donors (Lipinski definition) is 1. The zero-order chi connectivity index (χ0) is 15.0. The van der Waals surface area contributed by atoms with Crippen LogP contribution in [0.3, 0.4) is 0 Å². The van der Waals surface area contributed by atoms with Crippen molar-refractivity contribution in [3.63, 3.8) is 0 Å². The van der Waals surface area contributed by atoms with Crippen LogP contribution in [0, 0.1) is 0 Å². The van der Waals surface area contributed by atoms with Crippen LogP contribution in [0.1, 0.15) is 27.7 Å². The summed E-state index contributed by atoms with van der Waals surface area (Å²) in [5.74, 6) is 1.02. The lowest BCUT2D eigenvalue weighted by atomic mass is 10.0. The Balaban J connectivity index is 2.04. The number of piperazine rings is 1. The van der Waals surface area contributed by atoms with Gasteiger partial charge in [-0.3, -0.25) is 0 Å². The molecule has 0 bridgehead atoms. The zero-order valence-corrected chi connectivity index (χ0v) is 13.6. The fourth-order valence-electron chi connectivity index (χ4n) is 3.30. The van der Waals surface area contributed by atoms with Crippen molar-refractivity contribution in [2.45, 2.75) is 39.3 Å². The van der Waals surface area contributed by atoms with Crippen LogP contribution < -0.4 is 19.9 Å². The second kappa shape index (κ2) is 5.41. The molecule has 0 amide bonds. The first-order chi connectivity index (χ1) is 9.98. The van der Waals surface area contributed by atoms with E-state index in [2.05, 4.69) is 61.0 Å². The predicted molar refractivity (Wildman–Crippen MR) is 88.7 cm³/mol. The number of nitrogens with zero attached hydrogens (tertiary/aromatic N) is 2. The lowest BCUT2D eigenvalue weighted by molar-refractivity contribution is 0.103. The van der Waals surface area contributed by atoms with E-state index < -0.39 is 0 Å². The number of ether oxygens (including phenoxy) is 1. The highest BCUT2D eigenvalue weighted by atomic mass is 16.5. The molecule has 21 heavy (non-hydrogen) atoms. The average molecular weight is 289 g/mol. The van der Waals surface area contributed by atoms with E-state index in [0.717, 1.165) is 38.5 Å². The van der Waals surface area contributed by atoms with Gasteiger partial charge in [0, 0.05) is 32.2 Å². The highest BCUT2D eigenvalue weighted by Crippen LogP contribution is 2.44. The van der Waals surface area contributed by atoms with Gasteiger partial charge >= 0.3 is 0 Å². The molecule has 0 aliphatic carbocycles. The largest absolute Gasteiger partial charge is 0.484 e. The molecule has 2 aliphatic heterocycles. The van der Waals surface area contributed by atoms with Gasteiger partial charge < -0.3 is 19.9 Å². The first kappa shape index (κ1) is 14.5. The molecular weight excluding hydrogens is 262 g/mol. The summed E-state index contributed by atoms with van der Waals surface area (Å²) in [5, 5.41) is 3.43. The van der Waals surface area contributed by atoms with Crippen LogP contribution in [-0.2, 0) is 0 Å². The molecule has 2 heterocycles. The van der Waals surface area contributed by atoms with Crippen molar-refractivity contribution in [3.05, 3.63) is 18.2 Å². The summed E-state index contributed by atoms with van der Waals surface area (Å²) in [5.41, 5.74) is 2.45. The smallest absolute Gasteiger partial charge is 0.145 e. The van der Waals surface area contributed by atoms with Crippen molar-refractivity contribution in [1.82, 2.24) is 5.32 Å². The average Bonchev–Trinajstić information content (AvgIpc) is 2.45. The van der Waals surface area contributed by atoms with Crippen LogP contribution in [0.5, 0.6) is 5.75 Å². The summed E-state index contributed by atoms with van der Waals surface area (Å²) in [4.78, 5) is 4.97. The quantitative estimate of drug-likeness (QED) is 0.905. The van der Waals surface area contributed by atoms with E-state index in [1.807, 2.05) is 0 Å². The van der Waals surface area contributed by atoms with E-state index in [1.165, 1.54) is 11.4 Å². The van der Waals surface area contributed by atoms with Crippen molar-refractivity contribution in [2.75, 3.05) is 42.5 Å². The monoisotopic (exact) mass is 289 g/mol. The van der Waals surface area contributed by atoms with Crippen molar-refractivity contribution >= 4 is 11.4 Å². The molecule has 1 aromatic rings. The summed E-state index contributed by atoms with van der Waals surface area (Å²) in [6.45, 7) is 14.0. The van der Waals surface area contributed by atoms with E-state index in [-0.39, 0.29) is 5.60 Å². The first-order valence-electron chi connectivity index (χ1n) is 8.02. The van der Waals surface area contributed by atoms with Gasteiger partial charge in [-0.25, -0.2) is 0 Å². The molecular formula is C17H27N3O. The maximum absolute atomic E-state index is 6.25. The Morgan fingerprint density at radius 3 is 2.57 bits per heavy atom. The minimum absolute atomic E-state index is 0.140. The fourth-order valence-corrected chi connectivity index (χ4v) is 3.30. The van der Waals surface area contributed by atoms with Crippen molar-refractivity contribution in [3.8, 4) is 5.75 Å². The summed E-state index contributed by atoms with van der Waals surface area (Å²) in [6, 6.07) is 6.94. The van der Waals surface area contributed by atoms with Gasteiger partial charge in [-0.2, -0.15) is 0 Å². The van der Waals surface area contributed by atoms with Gasteiger partial charge in [0.25, 0.3) is 0 Å². The normalized spacial score (nSPS) is 21.2. The van der Waals surface area contributed by atoms with Crippen LogP contribution in [0.2, 0.25) is 0 Å². The minimum atomic E-state index is -0.140. The molecule has 0 aromatic heterocycles. The highest BCUT2D eigenvalue weighted by molar-refractivity contribution is 5.79. The van der Waals surface area contributed by atoms with Crippen LogP contribution in [0.25, 0.3) is 0 Å². The van der Waals surface area contributed by atoms with Gasteiger partial charge in [0.2, 0.25) is 0 Å². The standard InChI is InChI=1S/C17H27N3O/c1-13(2)20-12-17(3,4)21-15-7-5-6-14(16(15)20)19-10-8-18-9-11-19/h5-7,13,18H,8-12H2,1-4H3. The molecule has 4 nitrogen and oxygen atoms in total. The molecule has 1 aromatic carbocycles. The van der Waals surface area contributed by atoms with E-state index in [0.29, 0.717) is 6.04 Å². The maximum atomic E-state index is 6.25. The topological polar surface area (TPSA) is 27.7 Å². The Morgan fingerprint density at radius 2 is 1.90 bits per heavy atom. The third kappa shape index (κ3) is 2.82. The second-order valence-corrected chi connectivity index (χ2v) is 6.94.